The molecule has 7 nitrogen and oxygen atoms in total. The van der Waals surface area contributed by atoms with Gasteiger partial charge in [-0.25, -0.2) is 8.42 Å². The number of rotatable bonds is 4. The first-order valence-corrected chi connectivity index (χ1v) is 10.3. The van der Waals surface area contributed by atoms with Gasteiger partial charge in [0.05, 0.1) is 18.1 Å². The molecule has 1 aliphatic carbocycles. The normalized spacial score (nSPS) is 32.5. The number of guanidine groups is 1. The fourth-order valence-electron chi connectivity index (χ4n) is 3.60. The van der Waals surface area contributed by atoms with Crippen LogP contribution in [0.2, 0.25) is 0 Å². The van der Waals surface area contributed by atoms with E-state index < -0.39 is 9.84 Å². The summed E-state index contributed by atoms with van der Waals surface area (Å²) in [5.74, 6) is 1.11. The van der Waals surface area contributed by atoms with Crippen LogP contribution in [0.1, 0.15) is 32.1 Å². The van der Waals surface area contributed by atoms with Gasteiger partial charge in [-0.2, -0.15) is 0 Å². The Bertz CT molecular complexity index is 543. The number of hydrogen-bond acceptors (Lipinski definition) is 5. The highest BCUT2D eigenvalue weighted by Gasteiger charge is 2.43. The van der Waals surface area contributed by atoms with Crippen LogP contribution in [0.25, 0.3) is 0 Å². The minimum Gasteiger partial charge on any atom is -0.356 e. The summed E-state index contributed by atoms with van der Waals surface area (Å²) in [6.07, 6.45) is 5.10. The van der Waals surface area contributed by atoms with Crippen LogP contribution in [0.3, 0.4) is 0 Å². The molecule has 2 saturated heterocycles. The second kappa shape index (κ2) is 6.94. The molecule has 2 heterocycles. The van der Waals surface area contributed by atoms with Crippen molar-refractivity contribution in [3.8, 4) is 0 Å². The Hall–Kier alpha value is -0.860. The summed E-state index contributed by atoms with van der Waals surface area (Å²) < 4.78 is 34.9. The van der Waals surface area contributed by atoms with Crippen molar-refractivity contribution in [3.63, 3.8) is 0 Å². The van der Waals surface area contributed by atoms with E-state index >= 15 is 0 Å². The van der Waals surface area contributed by atoms with E-state index in [-0.39, 0.29) is 23.6 Å². The average Bonchev–Trinajstić information content (AvgIpc) is 3.22. The first kappa shape index (κ1) is 17.0. The number of nitrogens with one attached hydrogen (secondary N) is 2. The number of hydrogen-bond donors (Lipinski definition) is 2. The Labute approximate surface area is 138 Å². The monoisotopic (exact) mass is 345 g/mol. The van der Waals surface area contributed by atoms with E-state index in [0.29, 0.717) is 31.4 Å². The molecule has 3 fully saturated rings. The molecule has 0 aromatic heterocycles. The summed E-state index contributed by atoms with van der Waals surface area (Å²) in [6, 6.07) is 0. The van der Waals surface area contributed by atoms with E-state index in [4.69, 9.17) is 9.47 Å². The second-order valence-electron chi connectivity index (χ2n) is 6.77. The molecular formula is C15H27N3O4S. The number of nitrogens with zero attached hydrogens (tertiary/aromatic N) is 1. The van der Waals surface area contributed by atoms with Gasteiger partial charge in [-0.3, -0.25) is 4.99 Å². The fraction of sp³-hybridized carbons (Fsp3) is 0.933. The van der Waals surface area contributed by atoms with Gasteiger partial charge < -0.3 is 20.1 Å². The molecule has 1 spiro atoms. The van der Waals surface area contributed by atoms with E-state index in [1.165, 1.54) is 12.8 Å². The molecule has 0 aromatic carbocycles. The highest BCUT2D eigenvalue weighted by Crippen LogP contribution is 2.38. The Morgan fingerprint density at radius 3 is 2.65 bits per heavy atom. The zero-order chi connectivity index (χ0) is 16.3. The van der Waals surface area contributed by atoms with Gasteiger partial charge in [0.25, 0.3) is 0 Å². The van der Waals surface area contributed by atoms with Crippen LogP contribution in [0, 0.1) is 5.92 Å². The van der Waals surface area contributed by atoms with Crippen LogP contribution < -0.4 is 10.6 Å². The Morgan fingerprint density at radius 2 is 2.00 bits per heavy atom. The van der Waals surface area contributed by atoms with Crippen molar-refractivity contribution in [1.29, 1.82) is 0 Å². The number of sulfone groups is 1. The topological polar surface area (TPSA) is 89.0 Å². The van der Waals surface area contributed by atoms with Gasteiger partial charge >= 0.3 is 0 Å². The van der Waals surface area contributed by atoms with E-state index in [1.807, 2.05) is 0 Å². The van der Waals surface area contributed by atoms with Gasteiger partial charge in [0, 0.05) is 33.0 Å². The minimum atomic E-state index is -2.83. The maximum atomic E-state index is 11.5. The lowest BCUT2D eigenvalue weighted by Crippen LogP contribution is -2.43. The van der Waals surface area contributed by atoms with Crippen molar-refractivity contribution >= 4 is 15.8 Å². The number of aliphatic imine (C=N–C) groups is 1. The summed E-state index contributed by atoms with van der Waals surface area (Å²) in [6.45, 7) is 1.89. The summed E-state index contributed by atoms with van der Waals surface area (Å²) >= 11 is 0. The quantitative estimate of drug-likeness (QED) is 0.562. The fourth-order valence-corrected chi connectivity index (χ4v) is 5.46. The molecular weight excluding hydrogens is 318 g/mol. The molecule has 8 heteroatoms. The van der Waals surface area contributed by atoms with Crippen LogP contribution in [0.4, 0.5) is 0 Å². The molecule has 132 valence electrons. The lowest BCUT2D eigenvalue weighted by molar-refractivity contribution is -0.160. The summed E-state index contributed by atoms with van der Waals surface area (Å²) in [4.78, 5) is 4.18. The van der Waals surface area contributed by atoms with Crippen molar-refractivity contribution in [1.82, 2.24) is 10.6 Å². The number of ether oxygens (including phenoxy) is 2. The molecule has 0 aromatic rings. The Morgan fingerprint density at radius 1 is 1.26 bits per heavy atom. The summed E-state index contributed by atoms with van der Waals surface area (Å²) in [5, 5.41) is 6.46. The highest BCUT2D eigenvalue weighted by atomic mass is 32.2. The first-order valence-electron chi connectivity index (χ1n) is 8.47. The molecule has 2 aliphatic heterocycles. The van der Waals surface area contributed by atoms with Crippen LogP contribution in [0.5, 0.6) is 0 Å². The maximum absolute atomic E-state index is 11.5. The van der Waals surface area contributed by atoms with E-state index in [0.717, 1.165) is 19.3 Å². The van der Waals surface area contributed by atoms with E-state index in [9.17, 15) is 8.42 Å². The molecule has 2 atom stereocenters. The van der Waals surface area contributed by atoms with E-state index in [1.54, 1.807) is 7.05 Å². The molecule has 2 unspecified atom stereocenters. The molecule has 0 bridgehead atoms. The first-order chi connectivity index (χ1) is 11.0. The van der Waals surface area contributed by atoms with Gasteiger partial charge in [0.15, 0.2) is 21.6 Å². The van der Waals surface area contributed by atoms with Crippen LogP contribution in [-0.4, -0.2) is 64.5 Å². The third kappa shape index (κ3) is 4.36. The largest absolute Gasteiger partial charge is 0.356 e. The standard InChI is InChI=1S/C15H27N3O4S/c1-16-14(17-8-12-4-7-23(19,20)11-12)18-9-13-10-21-15(22-13)5-2-3-6-15/h12-13H,2-11H2,1H3,(H2,16,17,18). The lowest BCUT2D eigenvalue weighted by Gasteiger charge is -2.22. The average molecular weight is 345 g/mol. The summed E-state index contributed by atoms with van der Waals surface area (Å²) in [7, 11) is -1.11. The van der Waals surface area contributed by atoms with Gasteiger partial charge in [-0.15, -0.1) is 0 Å². The summed E-state index contributed by atoms with van der Waals surface area (Å²) in [5.41, 5.74) is 0. The predicted octanol–water partition coefficient (Wildman–Crippen LogP) is 0.272. The molecule has 0 amide bonds. The molecule has 23 heavy (non-hydrogen) atoms. The van der Waals surface area contributed by atoms with Crippen LogP contribution in [-0.2, 0) is 19.3 Å². The maximum Gasteiger partial charge on any atom is 0.191 e. The van der Waals surface area contributed by atoms with Crippen LogP contribution in [0.15, 0.2) is 4.99 Å². The van der Waals surface area contributed by atoms with Gasteiger partial charge in [-0.1, -0.05) is 0 Å². The SMILES string of the molecule is CN=C(NCC1CCS(=O)(=O)C1)NCC1COC2(CCCC2)O1. The second-order valence-corrected chi connectivity index (χ2v) is 9.00. The highest BCUT2D eigenvalue weighted by molar-refractivity contribution is 7.91. The Kier molecular flexibility index (Phi) is 5.13. The zero-order valence-electron chi connectivity index (χ0n) is 13.7. The van der Waals surface area contributed by atoms with Gasteiger partial charge in [0.1, 0.15) is 6.10 Å². The molecule has 0 radical (unpaired) electrons. The molecule has 3 aliphatic rings. The minimum absolute atomic E-state index is 0.0403. The van der Waals surface area contributed by atoms with Crippen molar-refractivity contribution in [2.45, 2.75) is 44.0 Å². The van der Waals surface area contributed by atoms with Crippen molar-refractivity contribution in [2.24, 2.45) is 10.9 Å². The van der Waals surface area contributed by atoms with E-state index in [2.05, 4.69) is 15.6 Å². The predicted molar refractivity (Wildman–Crippen MR) is 88.1 cm³/mol. The van der Waals surface area contributed by atoms with Crippen molar-refractivity contribution in [3.05, 3.63) is 0 Å². The smallest absolute Gasteiger partial charge is 0.191 e. The third-order valence-electron chi connectivity index (χ3n) is 4.88. The van der Waals surface area contributed by atoms with Crippen molar-refractivity contribution in [2.75, 3.05) is 38.2 Å². The van der Waals surface area contributed by atoms with Crippen molar-refractivity contribution < 1.29 is 17.9 Å². The molecule has 3 rings (SSSR count). The van der Waals surface area contributed by atoms with Gasteiger partial charge in [-0.05, 0) is 25.2 Å². The van der Waals surface area contributed by atoms with Crippen LogP contribution >= 0.6 is 0 Å². The zero-order valence-corrected chi connectivity index (χ0v) is 14.5. The molecule has 1 saturated carbocycles. The Balaban J connectivity index is 1.39. The third-order valence-corrected chi connectivity index (χ3v) is 6.72. The van der Waals surface area contributed by atoms with Gasteiger partial charge in [0.2, 0.25) is 0 Å². The molecule has 2 N–H and O–H groups in total. The lowest BCUT2D eigenvalue weighted by atomic mass is 10.1.